The van der Waals surface area contributed by atoms with Crippen LogP contribution in [0.1, 0.15) is 63.6 Å². The molecule has 68 heavy (non-hydrogen) atoms. The van der Waals surface area contributed by atoms with E-state index in [1.165, 1.54) is 5.01 Å². The number of nitrogens with zero attached hydrogens (tertiary/aromatic N) is 5. The summed E-state index contributed by atoms with van der Waals surface area (Å²) in [6, 6.07) is 15.4. The van der Waals surface area contributed by atoms with Gasteiger partial charge in [0.2, 0.25) is 17.7 Å². The maximum Gasteiger partial charge on any atom is 0.337 e. The number of urea groups is 1. The van der Waals surface area contributed by atoms with Gasteiger partial charge in [-0.15, -0.1) is 0 Å². The minimum Gasteiger partial charge on any atom is -0.493 e. The number of hydrogen-bond acceptors (Lipinski definition) is 15. The minimum absolute atomic E-state index is 0.0489. The van der Waals surface area contributed by atoms with Gasteiger partial charge in [-0.1, -0.05) is 18.2 Å². The fourth-order valence-electron chi connectivity index (χ4n) is 8.59. The number of hydrazone groups is 1. The van der Waals surface area contributed by atoms with Crippen molar-refractivity contribution >= 4 is 52.7 Å². The van der Waals surface area contributed by atoms with E-state index in [0.29, 0.717) is 115 Å². The number of carbonyl (C=O) groups excluding carboxylic acids is 6. The van der Waals surface area contributed by atoms with Crippen molar-refractivity contribution < 1.29 is 57.2 Å². The number of imide groups is 2. The molecule has 20 nitrogen and oxygen atoms in total. The number of ether oxygens (including phenoxy) is 6. The fraction of sp³-hybridized carbons (Fsp3) is 0.479. The van der Waals surface area contributed by atoms with Crippen LogP contribution in [-0.4, -0.2) is 175 Å². The monoisotopic (exact) mass is 940 g/mol. The first kappa shape index (κ1) is 49.3. The summed E-state index contributed by atoms with van der Waals surface area (Å²) in [5.41, 5.74) is 5.26. The van der Waals surface area contributed by atoms with E-state index >= 15 is 0 Å². The molecule has 3 aromatic carbocycles. The number of rotatable bonds is 21. The largest absolute Gasteiger partial charge is 0.493 e. The van der Waals surface area contributed by atoms with E-state index in [2.05, 4.69) is 20.9 Å². The molecular formula is C48H60N8O12. The average molecular weight is 941 g/mol. The highest BCUT2D eigenvalue weighted by Crippen LogP contribution is 2.36. The predicted molar refractivity (Wildman–Crippen MR) is 249 cm³/mol. The molecule has 4 aliphatic heterocycles. The van der Waals surface area contributed by atoms with E-state index in [9.17, 15) is 28.8 Å². The zero-order valence-electron chi connectivity index (χ0n) is 39.0. The molecule has 3 N–H and O–H groups in total. The zero-order valence-corrected chi connectivity index (χ0v) is 39.0. The molecule has 2 saturated heterocycles. The molecule has 3 aromatic rings. The SMILES string of the molecule is CNC(=O)N1N=C(c2ccc(N3CCN(C(=O)CCOCCOCCOCCOCCNc4cccc5c4C(=O)N([C@H]4CCC(=O)NC4=O)C5=O)CC3)cc2)c2cc(OC)c(OC)cc2C[C@@H]1C. The lowest BCUT2D eigenvalue weighted by Crippen LogP contribution is -2.54. The summed E-state index contributed by atoms with van der Waals surface area (Å²) in [6.07, 6.45) is 1.01. The van der Waals surface area contributed by atoms with Crippen molar-refractivity contribution in [3.63, 3.8) is 0 Å². The van der Waals surface area contributed by atoms with Gasteiger partial charge in [-0.2, -0.15) is 5.10 Å². The Bertz CT molecular complexity index is 2350. The quantitative estimate of drug-likeness (QED) is 0.103. The summed E-state index contributed by atoms with van der Waals surface area (Å²) in [5, 5.41) is 14.4. The number of piperazine rings is 1. The second-order valence-corrected chi connectivity index (χ2v) is 16.5. The Morgan fingerprint density at radius 2 is 1.43 bits per heavy atom. The van der Waals surface area contributed by atoms with Gasteiger partial charge in [-0.25, -0.2) is 9.80 Å². The summed E-state index contributed by atoms with van der Waals surface area (Å²) in [5.74, 6) is -0.969. The molecular weight excluding hydrogens is 881 g/mol. The van der Waals surface area contributed by atoms with Gasteiger partial charge in [0, 0.05) is 68.7 Å². The van der Waals surface area contributed by atoms with Crippen LogP contribution in [0, 0.1) is 0 Å². The highest BCUT2D eigenvalue weighted by atomic mass is 16.6. The van der Waals surface area contributed by atoms with Crippen molar-refractivity contribution in [2.45, 2.75) is 44.7 Å². The zero-order chi connectivity index (χ0) is 48.2. The van der Waals surface area contributed by atoms with E-state index in [-0.39, 0.29) is 48.4 Å². The van der Waals surface area contributed by atoms with Crippen LogP contribution >= 0.6 is 0 Å². The molecule has 4 aliphatic rings. The first-order chi connectivity index (χ1) is 33.0. The fourth-order valence-corrected chi connectivity index (χ4v) is 8.59. The van der Waals surface area contributed by atoms with Crippen LogP contribution in [0.25, 0.3) is 0 Å². The summed E-state index contributed by atoms with van der Waals surface area (Å²) in [7, 11) is 4.79. The van der Waals surface area contributed by atoms with Gasteiger partial charge >= 0.3 is 6.03 Å². The second kappa shape index (κ2) is 23.4. The maximum atomic E-state index is 13.2. The molecule has 0 bridgehead atoms. The third kappa shape index (κ3) is 11.6. The van der Waals surface area contributed by atoms with Crippen molar-refractivity contribution in [3.8, 4) is 11.5 Å². The summed E-state index contributed by atoms with van der Waals surface area (Å²) in [6.45, 7) is 7.69. The number of anilines is 2. The Hall–Kier alpha value is -6.61. The van der Waals surface area contributed by atoms with Gasteiger partial charge in [0.1, 0.15) is 6.04 Å². The predicted octanol–water partition coefficient (Wildman–Crippen LogP) is 2.66. The minimum atomic E-state index is -1.03. The van der Waals surface area contributed by atoms with Crippen LogP contribution < -0.4 is 30.3 Å². The first-order valence-electron chi connectivity index (χ1n) is 22.9. The van der Waals surface area contributed by atoms with Gasteiger partial charge in [-0.3, -0.25) is 34.2 Å². The van der Waals surface area contributed by atoms with Gasteiger partial charge in [0.05, 0.1) is 96.4 Å². The topological polar surface area (TPSA) is 219 Å². The van der Waals surface area contributed by atoms with Crippen molar-refractivity contribution in [2.75, 3.05) is 117 Å². The van der Waals surface area contributed by atoms with E-state index in [0.717, 1.165) is 27.3 Å². The third-order valence-corrected chi connectivity index (χ3v) is 12.2. The van der Waals surface area contributed by atoms with Crippen LogP contribution in [-0.2, 0) is 39.8 Å². The molecule has 4 heterocycles. The number of piperidine rings is 1. The second-order valence-electron chi connectivity index (χ2n) is 16.5. The molecule has 364 valence electrons. The lowest BCUT2D eigenvalue weighted by Gasteiger charge is -2.36. The Labute approximate surface area is 395 Å². The maximum absolute atomic E-state index is 13.2. The van der Waals surface area contributed by atoms with Gasteiger partial charge < -0.3 is 48.9 Å². The average Bonchev–Trinajstić information content (AvgIpc) is 3.51. The molecule has 0 spiro atoms. The summed E-state index contributed by atoms with van der Waals surface area (Å²) in [4.78, 5) is 81.1. The number of nitrogens with one attached hydrogen (secondary N) is 3. The van der Waals surface area contributed by atoms with Crippen LogP contribution in [0.3, 0.4) is 0 Å². The molecule has 0 radical (unpaired) electrons. The van der Waals surface area contributed by atoms with Gasteiger partial charge in [-0.05, 0) is 61.7 Å². The Balaban J connectivity index is 0.735. The number of hydrogen-bond donors (Lipinski definition) is 3. The first-order valence-corrected chi connectivity index (χ1v) is 22.9. The van der Waals surface area contributed by atoms with Gasteiger partial charge in [0.25, 0.3) is 11.8 Å². The Morgan fingerprint density at radius 1 is 0.779 bits per heavy atom. The lowest BCUT2D eigenvalue weighted by molar-refractivity contribution is -0.136. The van der Waals surface area contributed by atoms with Gasteiger partial charge in [0.15, 0.2) is 11.5 Å². The van der Waals surface area contributed by atoms with Crippen LogP contribution in [0.2, 0.25) is 0 Å². The standard InChI is InChI=1S/C48H60N8O12/c1-31-28-33-29-39(63-3)40(64-4)30-36(33)44(52-56(31)48(62)49-2)32-8-10-34(11-9-32)53-16-18-54(19-17-53)42(58)14-20-65-22-24-67-26-27-68-25-23-66-21-15-50-37-7-5-6-35-43(37)47(61)55(46(35)60)38-12-13-41(57)51-45(38)59/h5-11,29-31,38,50H,12-28H2,1-4H3,(H,49,62)(H,51,57,59)/t31-,38-/m0/s1. The van der Waals surface area contributed by atoms with E-state index < -0.39 is 29.7 Å². The highest BCUT2D eigenvalue weighted by molar-refractivity contribution is 6.25. The van der Waals surface area contributed by atoms with Crippen LogP contribution in [0.15, 0.2) is 59.7 Å². The lowest BCUT2D eigenvalue weighted by atomic mass is 9.94. The Morgan fingerprint density at radius 3 is 2.07 bits per heavy atom. The number of benzene rings is 3. The Kier molecular flexibility index (Phi) is 17.0. The van der Waals surface area contributed by atoms with Crippen molar-refractivity contribution in [3.05, 3.63) is 82.4 Å². The van der Waals surface area contributed by atoms with E-state index in [4.69, 9.17) is 33.5 Å². The number of methoxy groups -OCH3 is 2. The smallest absolute Gasteiger partial charge is 0.337 e. The molecule has 20 heteroatoms. The molecule has 2 fully saturated rings. The molecule has 0 saturated carbocycles. The molecule has 0 aliphatic carbocycles. The van der Waals surface area contributed by atoms with Crippen molar-refractivity contribution in [1.29, 1.82) is 0 Å². The highest BCUT2D eigenvalue weighted by Gasteiger charge is 2.45. The normalized spacial score (nSPS) is 18.1. The summed E-state index contributed by atoms with van der Waals surface area (Å²) < 4.78 is 33.7. The number of fused-ring (bicyclic) bond motifs is 2. The number of carbonyl (C=O) groups is 6. The molecule has 7 amide bonds. The van der Waals surface area contributed by atoms with Crippen LogP contribution in [0.5, 0.6) is 11.5 Å². The third-order valence-electron chi connectivity index (χ3n) is 12.2. The van der Waals surface area contributed by atoms with Crippen LogP contribution in [0.4, 0.5) is 16.2 Å². The van der Waals surface area contributed by atoms with E-state index in [1.807, 2.05) is 48.2 Å². The molecule has 0 unspecified atom stereocenters. The summed E-state index contributed by atoms with van der Waals surface area (Å²) >= 11 is 0. The molecule has 2 atom stereocenters. The number of amides is 7. The van der Waals surface area contributed by atoms with Crippen molar-refractivity contribution in [2.24, 2.45) is 5.10 Å². The molecule has 0 aromatic heterocycles. The van der Waals surface area contributed by atoms with E-state index in [1.54, 1.807) is 39.5 Å². The molecule has 7 rings (SSSR count). The van der Waals surface area contributed by atoms with Crippen molar-refractivity contribution in [1.82, 2.24) is 25.4 Å².